The van der Waals surface area contributed by atoms with Crippen LogP contribution in [0.3, 0.4) is 0 Å². The van der Waals surface area contributed by atoms with Gasteiger partial charge < -0.3 is 14.9 Å². The maximum absolute atomic E-state index is 12.6. The predicted molar refractivity (Wildman–Crippen MR) is 113 cm³/mol. The van der Waals surface area contributed by atoms with Crippen molar-refractivity contribution in [1.29, 1.82) is 0 Å². The third-order valence-corrected chi connectivity index (χ3v) is 5.64. The highest BCUT2D eigenvalue weighted by Gasteiger charge is 2.33. The summed E-state index contributed by atoms with van der Waals surface area (Å²) < 4.78 is 5.22. The third-order valence-electron chi connectivity index (χ3n) is 5.64. The number of hydrogen-bond donors (Lipinski definition) is 2. The second kappa shape index (κ2) is 9.81. The fourth-order valence-corrected chi connectivity index (χ4v) is 4.15. The van der Waals surface area contributed by atoms with Gasteiger partial charge in [0, 0.05) is 11.5 Å². The summed E-state index contributed by atoms with van der Waals surface area (Å²) in [4.78, 5) is 12.6. The first kappa shape index (κ1) is 22.1. The zero-order valence-electron chi connectivity index (χ0n) is 17.7. The minimum atomic E-state index is -0.531. The predicted octanol–water partition coefficient (Wildman–Crippen LogP) is 6.02. The molecule has 28 heavy (non-hydrogen) atoms. The molecule has 1 aliphatic carbocycles. The number of unbranched alkanes of at least 4 members (excludes halogenated alkanes) is 2. The molecule has 2 atom stereocenters. The molecule has 1 aliphatic rings. The molecular formula is C24H34O4. The van der Waals surface area contributed by atoms with Crippen molar-refractivity contribution in [3.05, 3.63) is 46.6 Å². The normalized spacial score (nSPS) is 19.2. The minimum absolute atomic E-state index is 0.0410. The molecule has 0 fully saturated rings. The van der Waals surface area contributed by atoms with Crippen LogP contribution in [-0.2, 0) is 11.2 Å². The van der Waals surface area contributed by atoms with Crippen LogP contribution < -0.4 is 0 Å². The zero-order valence-corrected chi connectivity index (χ0v) is 17.7. The molecule has 4 heteroatoms. The molecule has 1 aromatic rings. The van der Waals surface area contributed by atoms with Crippen LogP contribution in [0, 0.1) is 5.92 Å². The van der Waals surface area contributed by atoms with Crippen molar-refractivity contribution >= 4 is 5.97 Å². The van der Waals surface area contributed by atoms with E-state index in [2.05, 4.69) is 26.5 Å². The van der Waals surface area contributed by atoms with Gasteiger partial charge in [0.1, 0.15) is 17.1 Å². The smallest absolute Gasteiger partial charge is 0.342 e. The minimum Gasteiger partial charge on any atom is -0.507 e. The van der Waals surface area contributed by atoms with Gasteiger partial charge in [-0.1, -0.05) is 43.6 Å². The summed E-state index contributed by atoms with van der Waals surface area (Å²) in [5.41, 5.74) is 3.48. The zero-order chi connectivity index (χ0) is 20.8. The Balaban J connectivity index is 2.61. The van der Waals surface area contributed by atoms with Gasteiger partial charge in [-0.3, -0.25) is 0 Å². The second-order valence-corrected chi connectivity index (χ2v) is 7.90. The van der Waals surface area contributed by atoms with Gasteiger partial charge in [0.25, 0.3) is 0 Å². The summed E-state index contributed by atoms with van der Waals surface area (Å²) in [7, 11) is 0. The fraction of sp³-hybridized carbons (Fsp3) is 0.542. The molecule has 0 saturated heterocycles. The number of aryl methyl sites for hydroxylation is 1. The highest BCUT2D eigenvalue weighted by atomic mass is 16.5. The Morgan fingerprint density at radius 1 is 1.29 bits per heavy atom. The molecule has 0 spiro atoms. The van der Waals surface area contributed by atoms with E-state index in [1.54, 1.807) is 13.0 Å². The van der Waals surface area contributed by atoms with Crippen molar-refractivity contribution in [2.75, 3.05) is 6.61 Å². The Morgan fingerprint density at radius 3 is 2.61 bits per heavy atom. The highest BCUT2D eigenvalue weighted by molar-refractivity contribution is 5.95. The molecular weight excluding hydrogens is 352 g/mol. The largest absolute Gasteiger partial charge is 0.507 e. The van der Waals surface area contributed by atoms with E-state index in [9.17, 15) is 15.0 Å². The monoisotopic (exact) mass is 386 g/mol. The highest BCUT2D eigenvalue weighted by Crippen LogP contribution is 2.48. The number of aromatic hydroxyl groups is 2. The number of allylic oxidation sites excluding steroid dienone is 3. The van der Waals surface area contributed by atoms with Crippen LogP contribution in [0.4, 0.5) is 0 Å². The van der Waals surface area contributed by atoms with Crippen LogP contribution >= 0.6 is 0 Å². The van der Waals surface area contributed by atoms with Crippen molar-refractivity contribution in [2.24, 2.45) is 5.92 Å². The van der Waals surface area contributed by atoms with Crippen molar-refractivity contribution in [3.8, 4) is 11.5 Å². The van der Waals surface area contributed by atoms with Crippen molar-refractivity contribution in [2.45, 2.75) is 72.1 Å². The number of hydrogen-bond acceptors (Lipinski definition) is 4. The molecule has 0 aromatic heterocycles. The SMILES string of the molecule is C=C(C)[C@@H]1CCC(C)=C[C@H]1c1c(O)cc(CCCCC)c(C(=O)OCC)c1O. The maximum atomic E-state index is 12.6. The number of carbonyl (C=O) groups excluding carboxylic acids is 1. The Bertz CT molecular complexity index is 760. The molecule has 2 rings (SSSR count). The lowest BCUT2D eigenvalue weighted by Crippen LogP contribution is -2.19. The molecule has 154 valence electrons. The molecule has 2 N–H and O–H groups in total. The Labute approximate surface area is 168 Å². The van der Waals surface area contributed by atoms with Crippen LogP contribution in [0.2, 0.25) is 0 Å². The molecule has 0 heterocycles. The van der Waals surface area contributed by atoms with Crippen LogP contribution in [0.15, 0.2) is 29.9 Å². The summed E-state index contributed by atoms with van der Waals surface area (Å²) >= 11 is 0. The standard InChI is InChI=1S/C24H34O4/c1-6-8-9-10-17-14-20(25)22(23(26)21(17)24(27)28-7-2)19-13-16(5)11-12-18(19)15(3)4/h13-14,18-19,25-26H,3,6-12H2,1-2,4-5H3/t18-,19+/m0/s1. The molecule has 0 saturated carbocycles. The fourth-order valence-electron chi connectivity index (χ4n) is 4.15. The van der Waals surface area contributed by atoms with Crippen LogP contribution in [0.25, 0.3) is 0 Å². The van der Waals surface area contributed by atoms with Crippen molar-refractivity contribution in [1.82, 2.24) is 0 Å². The quantitative estimate of drug-likeness (QED) is 0.325. The lowest BCUT2D eigenvalue weighted by atomic mass is 9.73. The van der Waals surface area contributed by atoms with Crippen LogP contribution in [-0.4, -0.2) is 22.8 Å². The first-order chi connectivity index (χ1) is 13.3. The molecule has 1 aromatic carbocycles. The maximum Gasteiger partial charge on any atom is 0.342 e. The number of benzene rings is 1. The Hall–Kier alpha value is -2.23. The average Bonchev–Trinajstić information content (AvgIpc) is 2.61. The molecule has 0 bridgehead atoms. The molecule has 0 aliphatic heterocycles. The number of carbonyl (C=O) groups is 1. The van der Waals surface area contributed by atoms with Gasteiger partial charge in [-0.15, -0.1) is 0 Å². The Morgan fingerprint density at radius 2 is 2.00 bits per heavy atom. The van der Waals surface area contributed by atoms with Gasteiger partial charge in [0.05, 0.1) is 6.61 Å². The first-order valence-electron chi connectivity index (χ1n) is 10.4. The third kappa shape index (κ3) is 4.78. The van der Waals surface area contributed by atoms with E-state index in [-0.39, 0.29) is 35.5 Å². The molecule has 0 unspecified atom stereocenters. The number of ether oxygens (including phenoxy) is 1. The van der Waals surface area contributed by atoms with E-state index < -0.39 is 5.97 Å². The van der Waals surface area contributed by atoms with Gasteiger partial charge in [-0.25, -0.2) is 4.79 Å². The van der Waals surface area contributed by atoms with Crippen LogP contribution in [0.5, 0.6) is 11.5 Å². The summed E-state index contributed by atoms with van der Waals surface area (Å²) in [6.45, 7) is 12.2. The van der Waals surface area contributed by atoms with Crippen LogP contribution in [0.1, 0.15) is 87.2 Å². The van der Waals surface area contributed by atoms with Gasteiger partial charge in [0.15, 0.2) is 0 Å². The average molecular weight is 387 g/mol. The number of phenolic OH excluding ortho intramolecular Hbond substituents is 2. The lowest BCUT2D eigenvalue weighted by Gasteiger charge is -2.32. The van der Waals surface area contributed by atoms with Crippen molar-refractivity contribution < 1.29 is 19.7 Å². The van der Waals surface area contributed by atoms with E-state index in [4.69, 9.17) is 4.74 Å². The van der Waals surface area contributed by atoms with E-state index >= 15 is 0 Å². The second-order valence-electron chi connectivity index (χ2n) is 7.90. The summed E-state index contributed by atoms with van der Waals surface area (Å²) in [6.07, 6.45) is 7.54. The Kier molecular flexibility index (Phi) is 7.73. The lowest BCUT2D eigenvalue weighted by molar-refractivity contribution is 0.0521. The first-order valence-corrected chi connectivity index (χ1v) is 10.4. The van der Waals surface area contributed by atoms with E-state index in [1.807, 2.05) is 6.92 Å². The molecule has 0 radical (unpaired) electrons. The number of esters is 1. The summed E-state index contributed by atoms with van der Waals surface area (Å²) in [5.74, 6) is -0.729. The number of rotatable bonds is 8. The van der Waals surface area contributed by atoms with Gasteiger partial charge in [0.2, 0.25) is 0 Å². The number of phenols is 2. The topological polar surface area (TPSA) is 66.8 Å². The van der Waals surface area contributed by atoms with Gasteiger partial charge in [-0.05, 0) is 64.0 Å². The van der Waals surface area contributed by atoms with E-state index in [0.29, 0.717) is 17.5 Å². The van der Waals surface area contributed by atoms with Gasteiger partial charge in [-0.2, -0.15) is 0 Å². The van der Waals surface area contributed by atoms with Gasteiger partial charge >= 0.3 is 5.97 Å². The van der Waals surface area contributed by atoms with Crippen molar-refractivity contribution in [3.63, 3.8) is 0 Å². The molecule has 4 nitrogen and oxygen atoms in total. The summed E-state index contributed by atoms with van der Waals surface area (Å²) in [5, 5.41) is 22.0. The van der Waals surface area contributed by atoms with E-state index in [1.165, 1.54) is 5.57 Å². The summed E-state index contributed by atoms with van der Waals surface area (Å²) in [6, 6.07) is 1.64. The van der Waals surface area contributed by atoms with E-state index in [0.717, 1.165) is 37.7 Å². The molecule has 0 amide bonds.